The number of benzene rings is 1. The van der Waals surface area contributed by atoms with Crippen LogP contribution in [-0.4, -0.2) is 9.97 Å². The van der Waals surface area contributed by atoms with Crippen molar-refractivity contribution < 1.29 is 4.74 Å². The van der Waals surface area contributed by atoms with Gasteiger partial charge in [0.2, 0.25) is 5.88 Å². The summed E-state index contributed by atoms with van der Waals surface area (Å²) in [7, 11) is 0. The molecule has 0 spiro atoms. The van der Waals surface area contributed by atoms with Gasteiger partial charge in [0.05, 0.1) is 5.52 Å². The van der Waals surface area contributed by atoms with Crippen LogP contribution in [0.5, 0.6) is 11.6 Å². The van der Waals surface area contributed by atoms with Crippen molar-refractivity contribution in [2.75, 3.05) is 0 Å². The number of hydrogen-bond acceptors (Lipinski definition) is 4. The van der Waals surface area contributed by atoms with E-state index in [2.05, 4.69) is 9.97 Å². The number of nitriles is 1. The molecule has 0 saturated heterocycles. The van der Waals surface area contributed by atoms with Crippen molar-refractivity contribution >= 4 is 10.9 Å². The number of ether oxygens (including phenoxy) is 1. The van der Waals surface area contributed by atoms with Crippen LogP contribution in [-0.2, 0) is 0 Å². The highest BCUT2D eigenvalue weighted by atomic mass is 16.5. The van der Waals surface area contributed by atoms with Crippen molar-refractivity contribution in [1.82, 2.24) is 9.97 Å². The lowest BCUT2D eigenvalue weighted by Crippen LogP contribution is -1.91. The maximum absolute atomic E-state index is 8.99. The molecule has 0 N–H and O–H groups in total. The van der Waals surface area contributed by atoms with Crippen LogP contribution in [0.15, 0.2) is 54.9 Å². The van der Waals surface area contributed by atoms with Gasteiger partial charge < -0.3 is 4.74 Å². The Morgan fingerprint density at radius 3 is 2.74 bits per heavy atom. The van der Waals surface area contributed by atoms with Crippen molar-refractivity contribution in [3.8, 4) is 17.7 Å². The minimum Gasteiger partial charge on any atom is -0.438 e. The topological polar surface area (TPSA) is 58.8 Å². The largest absolute Gasteiger partial charge is 0.438 e. The van der Waals surface area contributed by atoms with E-state index in [4.69, 9.17) is 10.00 Å². The summed E-state index contributed by atoms with van der Waals surface area (Å²) in [6.07, 6.45) is 3.32. The van der Waals surface area contributed by atoms with E-state index in [1.54, 1.807) is 24.5 Å². The number of rotatable bonds is 2. The summed E-state index contributed by atoms with van der Waals surface area (Å²) in [6, 6.07) is 14.9. The number of nitrogens with zero attached hydrogens (tertiary/aromatic N) is 3. The van der Waals surface area contributed by atoms with Gasteiger partial charge >= 0.3 is 0 Å². The minimum atomic E-state index is 0.306. The van der Waals surface area contributed by atoms with E-state index in [1.807, 2.05) is 36.4 Å². The summed E-state index contributed by atoms with van der Waals surface area (Å²) in [6.45, 7) is 0. The lowest BCUT2D eigenvalue weighted by molar-refractivity contribution is 0.462. The monoisotopic (exact) mass is 247 g/mol. The highest BCUT2D eigenvalue weighted by molar-refractivity contribution is 5.79. The Morgan fingerprint density at radius 2 is 1.84 bits per heavy atom. The van der Waals surface area contributed by atoms with Crippen LogP contribution in [0, 0.1) is 11.3 Å². The minimum absolute atomic E-state index is 0.306. The summed E-state index contributed by atoms with van der Waals surface area (Å²) in [5.74, 6) is 0.918. The molecule has 0 aliphatic rings. The predicted octanol–water partition coefficient (Wildman–Crippen LogP) is 3.29. The Hall–Kier alpha value is -2.93. The van der Waals surface area contributed by atoms with Gasteiger partial charge in [0, 0.05) is 23.8 Å². The van der Waals surface area contributed by atoms with Crippen molar-refractivity contribution in [3.05, 3.63) is 60.4 Å². The zero-order valence-electron chi connectivity index (χ0n) is 9.95. The maximum Gasteiger partial charge on any atom is 0.237 e. The summed E-state index contributed by atoms with van der Waals surface area (Å²) in [5.41, 5.74) is 1.25. The molecule has 0 unspecified atom stereocenters. The number of aromatic nitrogens is 2. The van der Waals surface area contributed by atoms with Gasteiger partial charge in [-0.25, -0.2) is 4.98 Å². The Labute approximate surface area is 109 Å². The number of hydrogen-bond donors (Lipinski definition) is 0. The Kier molecular flexibility index (Phi) is 2.79. The van der Waals surface area contributed by atoms with Crippen molar-refractivity contribution in [1.29, 1.82) is 5.26 Å². The third-order valence-corrected chi connectivity index (χ3v) is 2.68. The van der Waals surface area contributed by atoms with E-state index in [0.29, 0.717) is 17.2 Å². The first-order valence-corrected chi connectivity index (χ1v) is 5.74. The van der Waals surface area contributed by atoms with Gasteiger partial charge in [0.15, 0.2) is 0 Å². The first kappa shape index (κ1) is 11.2. The fraction of sp³-hybridized carbons (Fsp3) is 0. The zero-order valence-corrected chi connectivity index (χ0v) is 9.95. The van der Waals surface area contributed by atoms with Crippen LogP contribution in [0.25, 0.3) is 10.9 Å². The molecule has 4 nitrogen and oxygen atoms in total. The number of fused-ring (bicyclic) bond motifs is 1. The van der Waals surface area contributed by atoms with Crippen LogP contribution in [0.4, 0.5) is 0 Å². The van der Waals surface area contributed by atoms with Crippen LogP contribution < -0.4 is 4.74 Å². The third kappa shape index (κ3) is 2.22. The molecule has 1 aromatic carbocycles. The molecule has 0 bridgehead atoms. The molecule has 0 amide bonds. The Bertz CT molecular complexity index is 777. The second-order valence-corrected chi connectivity index (χ2v) is 3.93. The highest BCUT2D eigenvalue weighted by Crippen LogP contribution is 2.25. The summed E-state index contributed by atoms with van der Waals surface area (Å²) in [4.78, 5) is 8.32. The molecule has 0 fully saturated rings. The second kappa shape index (κ2) is 4.75. The summed E-state index contributed by atoms with van der Waals surface area (Å²) >= 11 is 0. The smallest absolute Gasteiger partial charge is 0.237 e. The average Bonchev–Trinajstić information content (AvgIpc) is 2.48. The molecule has 2 aromatic heterocycles. The fourth-order valence-electron chi connectivity index (χ4n) is 1.78. The molecule has 0 aliphatic heterocycles. The molecular weight excluding hydrogens is 238 g/mol. The quantitative estimate of drug-likeness (QED) is 0.697. The molecular formula is C15H9N3O. The molecule has 0 aliphatic carbocycles. The molecule has 90 valence electrons. The summed E-state index contributed by atoms with van der Waals surface area (Å²) in [5, 5.41) is 10.0. The molecule has 2 heterocycles. The van der Waals surface area contributed by atoms with Crippen molar-refractivity contribution in [2.24, 2.45) is 0 Å². The van der Waals surface area contributed by atoms with Gasteiger partial charge in [0.25, 0.3) is 0 Å². The van der Waals surface area contributed by atoms with Gasteiger partial charge in [-0.1, -0.05) is 6.07 Å². The van der Waals surface area contributed by atoms with E-state index in [1.165, 1.54) is 0 Å². The molecule has 3 aromatic rings. The zero-order chi connectivity index (χ0) is 13.1. The number of pyridine rings is 2. The molecule has 19 heavy (non-hydrogen) atoms. The summed E-state index contributed by atoms with van der Waals surface area (Å²) < 4.78 is 5.63. The van der Waals surface area contributed by atoms with Gasteiger partial charge in [-0.3, -0.25) is 4.98 Å². The standard InChI is InChI=1S/C15H9N3O/c16-10-12-4-2-8-18-15(12)19-13-6-5-11-3-1-7-17-14(11)9-13/h1-9H. The van der Waals surface area contributed by atoms with Crippen LogP contribution in [0.1, 0.15) is 5.56 Å². The van der Waals surface area contributed by atoms with Gasteiger partial charge in [-0.05, 0) is 30.3 Å². The van der Waals surface area contributed by atoms with Crippen molar-refractivity contribution in [2.45, 2.75) is 0 Å². The third-order valence-electron chi connectivity index (χ3n) is 2.68. The normalized spacial score (nSPS) is 10.1. The first-order chi connectivity index (χ1) is 9.36. The first-order valence-electron chi connectivity index (χ1n) is 5.74. The lowest BCUT2D eigenvalue weighted by atomic mass is 10.2. The van der Waals surface area contributed by atoms with Gasteiger partial charge in [-0.15, -0.1) is 0 Å². The Morgan fingerprint density at radius 1 is 1.00 bits per heavy atom. The maximum atomic E-state index is 8.99. The van der Waals surface area contributed by atoms with E-state index in [-0.39, 0.29) is 0 Å². The molecule has 0 atom stereocenters. The van der Waals surface area contributed by atoms with Crippen LogP contribution >= 0.6 is 0 Å². The van der Waals surface area contributed by atoms with Crippen LogP contribution in [0.3, 0.4) is 0 Å². The van der Waals surface area contributed by atoms with E-state index < -0.39 is 0 Å². The fourth-order valence-corrected chi connectivity index (χ4v) is 1.78. The van der Waals surface area contributed by atoms with Gasteiger partial charge in [0.1, 0.15) is 17.4 Å². The molecule has 0 saturated carbocycles. The second-order valence-electron chi connectivity index (χ2n) is 3.93. The lowest BCUT2D eigenvalue weighted by Gasteiger charge is -2.06. The molecule has 0 radical (unpaired) electrons. The SMILES string of the molecule is N#Cc1cccnc1Oc1ccc2cccnc2c1. The average molecular weight is 247 g/mol. The van der Waals surface area contributed by atoms with Crippen LogP contribution in [0.2, 0.25) is 0 Å². The van der Waals surface area contributed by atoms with E-state index >= 15 is 0 Å². The van der Waals surface area contributed by atoms with E-state index in [0.717, 1.165) is 10.9 Å². The molecule has 4 heteroatoms. The van der Waals surface area contributed by atoms with E-state index in [9.17, 15) is 0 Å². The van der Waals surface area contributed by atoms with Gasteiger partial charge in [-0.2, -0.15) is 5.26 Å². The molecule has 3 rings (SSSR count). The van der Waals surface area contributed by atoms with Crippen molar-refractivity contribution in [3.63, 3.8) is 0 Å². The Balaban J connectivity index is 1.99. The highest BCUT2D eigenvalue weighted by Gasteiger charge is 2.05. The predicted molar refractivity (Wildman–Crippen MR) is 70.8 cm³/mol.